The molecule has 0 amide bonds. The number of ether oxygens (including phenoxy) is 1. The van der Waals surface area contributed by atoms with Gasteiger partial charge in [-0.05, 0) is 43.2 Å². The van der Waals surface area contributed by atoms with Gasteiger partial charge >= 0.3 is 0 Å². The monoisotopic (exact) mass is 278 g/mol. The summed E-state index contributed by atoms with van der Waals surface area (Å²) in [6.45, 7) is 2.04. The summed E-state index contributed by atoms with van der Waals surface area (Å²) in [4.78, 5) is 4.38. The summed E-state index contributed by atoms with van der Waals surface area (Å²) in [7, 11) is 1.64. The van der Waals surface area contributed by atoms with Gasteiger partial charge < -0.3 is 4.74 Å². The lowest BCUT2D eigenvalue weighted by Crippen LogP contribution is -2.03. The molecule has 0 saturated heterocycles. The summed E-state index contributed by atoms with van der Waals surface area (Å²) in [6.07, 6.45) is 2.37. The molecule has 2 aromatic rings. The fraction of sp³-hybridized carbons (Fsp3) is 0.222. The number of benzene rings is 2. The zero-order valence-corrected chi connectivity index (χ0v) is 12.3. The lowest BCUT2D eigenvalue weighted by atomic mass is 10.0. The lowest BCUT2D eigenvalue weighted by Gasteiger charge is -2.05. The molecular formula is C18H18N2O. The van der Waals surface area contributed by atoms with Crippen LogP contribution >= 0.6 is 0 Å². The summed E-state index contributed by atoms with van der Waals surface area (Å²) in [5, 5.41) is 9.24. The van der Waals surface area contributed by atoms with Crippen LogP contribution in [-0.2, 0) is 6.42 Å². The van der Waals surface area contributed by atoms with Crippen LogP contribution in [0.25, 0.3) is 0 Å². The number of aryl methyl sites for hydroxylation is 1. The van der Waals surface area contributed by atoms with Crippen molar-refractivity contribution < 1.29 is 4.74 Å². The number of hydrogen-bond acceptors (Lipinski definition) is 3. The fourth-order valence-electron chi connectivity index (χ4n) is 1.95. The molecule has 0 aliphatic heterocycles. The summed E-state index contributed by atoms with van der Waals surface area (Å²) in [5.74, 6) is 0.584. The Balaban J connectivity index is 2.02. The first-order chi connectivity index (χ1) is 10.2. The van der Waals surface area contributed by atoms with Gasteiger partial charge in [0.15, 0.2) is 0 Å². The minimum absolute atomic E-state index is 0.236. The maximum atomic E-state index is 9.24. The van der Waals surface area contributed by atoms with Crippen LogP contribution in [0.3, 0.4) is 0 Å². The first-order valence-electron chi connectivity index (χ1n) is 6.84. The highest BCUT2D eigenvalue weighted by atomic mass is 16.5. The second-order valence-electron chi connectivity index (χ2n) is 4.90. The molecule has 3 heteroatoms. The van der Waals surface area contributed by atoms with Crippen molar-refractivity contribution in [3.63, 3.8) is 0 Å². The largest absolute Gasteiger partial charge is 0.497 e. The Morgan fingerprint density at radius 3 is 2.38 bits per heavy atom. The molecule has 0 spiro atoms. The first kappa shape index (κ1) is 14.8. The van der Waals surface area contributed by atoms with Crippen LogP contribution in [0.5, 0.6) is 5.75 Å². The van der Waals surface area contributed by atoms with Crippen molar-refractivity contribution in [1.82, 2.24) is 0 Å². The number of nitriles is 1. The third-order valence-electron chi connectivity index (χ3n) is 3.22. The topological polar surface area (TPSA) is 45.4 Å². The minimum Gasteiger partial charge on any atom is -0.497 e. The Bertz CT molecular complexity index is 636. The number of methoxy groups -OCH3 is 1. The first-order valence-corrected chi connectivity index (χ1v) is 6.84. The zero-order valence-electron chi connectivity index (χ0n) is 12.3. The van der Waals surface area contributed by atoms with Gasteiger partial charge in [0.1, 0.15) is 5.75 Å². The molecule has 3 nitrogen and oxygen atoms in total. The van der Waals surface area contributed by atoms with E-state index in [4.69, 9.17) is 4.74 Å². The van der Waals surface area contributed by atoms with Crippen molar-refractivity contribution in [2.75, 3.05) is 7.11 Å². The van der Waals surface area contributed by atoms with E-state index in [-0.39, 0.29) is 5.92 Å². The van der Waals surface area contributed by atoms with Gasteiger partial charge in [0.05, 0.1) is 24.8 Å². The summed E-state index contributed by atoms with van der Waals surface area (Å²) >= 11 is 0. The van der Waals surface area contributed by atoms with Crippen molar-refractivity contribution in [2.24, 2.45) is 10.9 Å². The number of rotatable bonds is 5. The van der Waals surface area contributed by atoms with Gasteiger partial charge in [-0.15, -0.1) is 0 Å². The van der Waals surface area contributed by atoms with E-state index in [9.17, 15) is 5.26 Å². The molecule has 0 aromatic heterocycles. The molecule has 21 heavy (non-hydrogen) atoms. The molecule has 2 aromatic carbocycles. The molecule has 106 valence electrons. The van der Waals surface area contributed by atoms with Crippen molar-refractivity contribution in [2.45, 2.75) is 13.3 Å². The molecule has 2 rings (SSSR count). The molecule has 1 unspecified atom stereocenters. The molecule has 1 atom stereocenters. The van der Waals surface area contributed by atoms with E-state index in [1.165, 1.54) is 5.56 Å². The summed E-state index contributed by atoms with van der Waals surface area (Å²) < 4.78 is 5.12. The quantitative estimate of drug-likeness (QED) is 0.773. The molecule has 0 aliphatic rings. The van der Waals surface area contributed by atoms with E-state index < -0.39 is 0 Å². The smallest absolute Gasteiger partial charge is 0.118 e. The van der Waals surface area contributed by atoms with Gasteiger partial charge in [-0.2, -0.15) is 5.26 Å². The van der Waals surface area contributed by atoms with E-state index in [2.05, 4.69) is 11.1 Å². The normalized spacial score (nSPS) is 12.0. The highest BCUT2D eigenvalue weighted by Gasteiger charge is 2.06. The Hall–Kier alpha value is -2.60. The maximum Gasteiger partial charge on any atom is 0.118 e. The third-order valence-corrected chi connectivity index (χ3v) is 3.22. The van der Waals surface area contributed by atoms with E-state index in [0.717, 1.165) is 17.0 Å². The van der Waals surface area contributed by atoms with Crippen molar-refractivity contribution >= 4 is 11.9 Å². The Kier molecular flexibility index (Phi) is 5.11. The van der Waals surface area contributed by atoms with Gasteiger partial charge in [0.25, 0.3) is 0 Å². The Morgan fingerprint density at radius 2 is 1.81 bits per heavy atom. The molecule has 0 radical (unpaired) electrons. The molecule has 0 fully saturated rings. The van der Waals surface area contributed by atoms with Crippen LogP contribution in [0.2, 0.25) is 0 Å². The van der Waals surface area contributed by atoms with Gasteiger partial charge in [0, 0.05) is 6.21 Å². The zero-order chi connectivity index (χ0) is 15.1. The third kappa shape index (κ3) is 4.47. The van der Waals surface area contributed by atoms with Crippen molar-refractivity contribution in [3.05, 3.63) is 59.7 Å². The SMILES string of the molecule is COc1ccc(CC(C#N)C=Nc2ccc(C)cc2)cc1. The van der Waals surface area contributed by atoms with E-state index in [0.29, 0.717) is 6.42 Å². The Morgan fingerprint density at radius 1 is 1.14 bits per heavy atom. The minimum atomic E-state index is -0.236. The van der Waals surface area contributed by atoms with Crippen LogP contribution in [0.4, 0.5) is 5.69 Å². The molecule has 0 bridgehead atoms. The highest BCUT2D eigenvalue weighted by molar-refractivity contribution is 5.69. The van der Waals surface area contributed by atoms with Crippen molar-refractivity contribution in [3.8, 4) is 11.8 Å². The van der Waals surface area contributed by atoms with E-state index in [1.807, 2.05) is 55.5 Å². The molecule has 0 heterocycles. The van der Waals surface area contributed by atoms with Crippen molar-refractivity contribution in [1.29, 1.82) is 5.26 Å². The van der Waals surface area contributed by atoms with E-state index in [1.54, 1.807) is 13.3 Å². The number of nitrogens with zero attached hydrogens (tertiary/aromatic N) is 2. The second-order valence-corrected chi connectivity index (χ2v) is 4.90. The maximum absolute atomic E-state index is 9.24. The van der Waals surface area contributed by atoms with Crippen LogP contribution < -0.4 is 4.74 Å². The number of aliphatic imine (C=N–C) groups is 1. The second kappa shape index (κ2) is 7.25. The standard InChI is InChI=1S/C18H18N2O/c1-14-3-7-17(8-4-14)20-13-16(12-19)11-15-5-9-18(21-2)10-6-15/h3-10,13,16H,11H2,1-2H3. The predicted octanol–water partition coefficient (Wildman–Crippen LogP) is 4.09. The van der Waals surface area contributed by atoms with E-state index >= 15 is 0 Å². The number of hydrogen-bond donors (Lipinski definition) is 0. The predicted molar refractivity (Wildman–Crippen MR) is 85.1 cm³/mol. The van der Waals surface area contributed by atoms with Crippen LogP contribution in [0, 0.1) is 24.2 Å². The highest BCUT2D eigenvalue weighted by Crippen LogP contribution is 2.16. The lowest BCUT2D eigenvalue weighted by molar-refractivity contribution is 0.414. The molecule has 0 aliphatic carbocycles. The molecule has 0 saturated carbocycles. The van der Waals surface area contributed by atoms with Gasteiger partial charge in [-0.1, -0.05) is 29.8 Å². The average molecular weight is 278 g/mol. The Labute approximate surface area is 125 Å². The average Bonchev–Trinajstić information content (AvgIpc) is 2.53. The molecular weight excluding hydrogens is 260 g/mol. The van der Waals surface area contributed by atoms with Crippen LogP contribution in [0.1, 0.15) is 11.1 Å². The van der Waals surface area contributed by atoms with Gasteiger partial charge in [0.2, 0.25) is 0 Å². The van der Waals surface area contributed by atoms with Gasteiger partial charge in [-0.25, -0.2) is 0 Å². The summed E-state index contributed by atoms with van der Waals surface area (Å²) in [6, 6.07) is 18.0. The molecule has 0 N–H and O–H groups in total. The fourth-order valence-corrected chi connectivity index (χ4v) is 1.95. The summed E-state index contributed by atoms with van der Waals surface area (Å²) in [5.41, 5.74) is 3.16. The van der Waals surface area contributed by atoms with Crippen LogP contribution in [0.15, 0.2) is 53.5 Å². The van der Waals surface area contributed by atoms with Crippen LogP contribution in [-0.4, -0.2) is 13.3 Å². The van der Waals surface area contributed by atoms with Gasteiger partial charge in [-0.3, -0.25) is 4.99 Å².